The van der Waals surface area contributed by atoms with Crippen molar-refractivity contribution in [2.24, 2.45) is 14.1 Å². The van der Waals surface area contributed by atoms with Gasteiger partial charge < -0.3 is 15.0 Å². The smallest absolute Gasteiger partial charge is 0.371 e. The second-order valence-electron chi connectivity index (χ2n) is 7.96. The summed E-state index contributed by atoms with van der Waals surface area (Å²) in [4.78, 5) is 14.0. The first-order valence-corrected chi connectivity index (χ1v) is 10.0. The standard InChI is InChI=1S/C22H25F3N4O2/c1-27-18-9-6-16(14-19(18)28(2)20(27)30)26-15-4-7-17(8-5-15)29-12-10-21(31-3,11-13-29)22(23,24)25/h4-9,14,26H,10-13H2,1-3H3. The van der Waals surface area contributed by atoms with E-state index in [0.717, 1.165) is 35.2 Å². The van der Waals surface area contributed by atoms with E-state index in [1.165, 1.54) is 0 Å². The zero-order valence-electron chi connectivity index (χ0n) is 17.7. The van der Waals surface area contributed by atoms with Crippen molar-refractivity contribution in [3.05, 3.63) is 52.9 Å². The summed E-state index contributed by atoms with van der Waals surface area (Å²) in [5.41, 5.74) is 2.11. The van der Waals surface area contributed by atoms with Gasteiger partial charge in [-0.3, -0.25) is 9.13 Å². The number of hydrogen-bond donors (Lipinski definition) is 1. The minimum atomic E-state index is -4.37. The molecule has 9 heteroatoms. The van der Waals surface area contributed by atoms with Crippen molar-refractivity contribution in [2.75, 3.05) is 30.4 Å². The zero-order valence-corrected chi connectivity index (χ0v) is 17.7. The number of rotatable bonds is 4. The molecule has 3 aromatic rings. The van der Waals surface area contributed by atoms with Crippen LogP contribution in [0.15, 0.2) is 47.3 Å². The Bertz CT molecular complexity index is 1140. The molecule has 0 aliphatic carbocycles. The third kappa shape index (κ3) is 3.67. The van der Waals surface area contributed by atoms with Gasteiger partial charge in [-0.15, -0.1) is 0 Å². The summed E-state index contributed by atoms with van der Waals surface area (Å²) >= 11 is 0. The minimum Gasteiger partial charge on any atom is -0.371 e. The van der Waals surface area contributed by atoms with Crippen molar-refractivity contribution in [3.8, 4) is 0 Å². The van der Waals surface area contributed by atoms with Crippen molar-refractivity contribution in [2.45, 2.75) is 24.6 Å². The number of nitrogens with zero attached hydrogens (tertiary/aromatic N) is 3. The number of piperidine rings is 1. The predicted molar refractivity (Wildman–Crippen MR) is 115 cm³/mol. The van der Waals surface area contributed by atoms with Crippen LogP contribution in [0.25, 0.3) is 11.0 Å². The van der Waals surface area contributed by atoms with E-state index in [1.54, 1.807) is 23.2 Å². The van der Waals surface area contributed by atoms with Gasteiger partial charge >= 0.3 is 11.9 Å². The first kappa shape index (κ1) is 21.3. The maximum Gasteiger partial charge on any atom is 0.417 e. The largest absolute Gasteiger partial charge is 0.417 e. The summed E-state index contributed by atoms with van der Waals surface area (Å²) in [6.45, 7) is 0.553. The van der Waals surface area contributed by atoms with Crippen LogP contribution in [-0.4, -0.2) is 41.1 Å². The lowest BCUT2D eigenvalue weighted by molar-refractivity contribution is -0.276. The lowest BCUT2D eigenvalue weighted by atomic mass is 9.90. The summed E-state index contributed by atoms with van der Waals surface area (Å²) in [5.74, 6) is 0. The number of halogens is 3. The zero-order chi connectivity index (χ0) is 22.4. The SMILES string of the molecule is COC1(C(F)(F)F)CCN(c2ccc(Nc3ccc4c(c3)n(C)c(=O)n4C)cc2)CC1. The quantitative estimate of drug-likeness (QED) is 0.670. The number of hydrogen-bond acceptors (Lipinski definition) is 4. The van der Waals surface area contributed by atoms with Gasteiger partial charge in [0.1, 0.15) is 0 Å². The van der Waals surface area contributed by atoms with Crippen LogP contribution in [0.5, 0.6) is 0 Å². The second kappa shape index (κ2) is 7.64. The minimum absolute atomic E-state index is 0.0824. The third-order valence-electron chi connectivity index (χ3n) is 6.27. The maximum absolute atomic E-state index is 13.4. The number of benzene rings is 2. The molecule has 6 nitrogen and oxygen atoms in total. The van der Waals surface area contributed by atoms with E-state index in [1.807, 2.05) is 47.4 Å². The molecule has 1 aromatic heterocycles. The summed E-state index contributed by atoms with van der Waals surface area (Å²) in [7, 11) is 4.61. The molecule has 0 amide bonds. The van der Waals surface area contributed by atoms with Crippen LogP contribution >= 0.6 is 0 Å². The number of alkyl halides is 3. The van der Waals surface area contributed by atoms with Gasteiger partial charge in [0, 0.05) is 64.2 Å². The van der Waals surface area contributed by atoms with Gasteiger partial charge in [-0.25, -0.2) is 4.79 Å². The molecule has 166 valence electrons. The number of methoxy groups -OCH3 is 1. The number of aryl methyl sites for hydroxylation is 2. The van der Waals surface area contributed by atoms with Gasteiger partial charge in [-0.2, -0.15) is 13.2 Å². The van der Waals surface area contributed by atoms with Gasteiger partial charge in [0.15, 0.2) is 5.60 Å². The van der Waals surface area contributed by atoms with Gasteiger partial charge in [0.25, 0.3) is 0 Å². The fraction of sp³-hybridized carbons (Fsp3) is 0.409. The predicted octanol–water partition coefficient (Wildman–Crippen LogP) is 4.17. The summed E-state index contributed by atoms with van der Waals surface area (Å²) in [5, 5.41) is 3.31. The number of nitrogens with one attached hydrogen (secondary N) is 1. The van der Waals surface area contributed by atoms with Crippen LogP contribution in [-0.2, 0) is 18.8 Å². The Hall–Kier alpha value is -2.94. The summed E-state index contributed by atoms with van der Waals surface area (Å²) in [6, 6.07) is 13.3. The number of imidazole rings is 1. The molecule has 0 saturated carbocycles. The van der Waals surface area contributed by atoms with Gasteiger partial charge in [-0.1, -0.05) is 0 Å². The molecular formula is C22H25F3N4O2. The third-order valence-corrected chi connectivity index (χ3v) is 6.27. The second-order valence-corrected chi connectivity index (χ2v) is 7.96. The molecule has 31 heavy (non-hydrogen) atoms. The average Bonchev–Trinajstić information content (AvgIpc) is 2.97. The Morgan fingerprint density at radius 2 is 1.52 bits per heavy atom. The summed E-state index contributed by atoms with van der Waals surface area (Å²) < 4.78 is 48.2. The van der Waals surface area contributed by atoms with Crippen molar-refractivity contribution in [1.29, 1.82) is 0 Å². The Labute approximate surface area is 177 Å². The Morgan fingerprint density at radius 3 is 2.10 bits per heavy atom. The Morgan fingerprint density at radius 1 is 0.935 bits per heavy atom. The molecule has 0 radical (unpaired) electrons. The van der Waals surface area contributed by atoms with E-state index in [9.17, 15) is 18.0 Å². The highest BCUT2D eigenvalue weighted by Crippen LogP contribution is 2.42. The lowest BCUT2D eigenvalue weighted by Gasteiger charge is -2.42. The highest BCUT2D eigenvalue weighted by Gasteiger charge is 2.56. The molecule has 1 fully saturated rings. The molecule has 1 N–H and O–H groups in total. The highest BCUT2D eigenvalue weighted by molar-refractivity contribution is 5.81. The first-order valence-electron chi connectivity index (χ1n) is 10.0. The van der Waals surface area contributed by atoms with E-state index in [2.05, 4.69) is 5.32 Å². The number of ether oxygens (including phenoxy) is 1. The topological polar surface area (TPSA) is 51.4 Å². The van der Waals surface area contributed by atoms with E-state index >= 15 is 0 Å². The van der Waals surface area contributed by atoms with Crippen molar-refractivity contribution < 1.29 is 17.9 Å². The van der Waals surface area contributed by atoms with Crippen molar-refractivity contribution in [3.63, 3.8) is 0 Å². The average molecular weight is 434 g/mol. The lowest BCUT2D eigenvalue weighted by Crippen LogP contribution is -2.54. The Balaban J connectivity index is 1.46. The van der Waals surface area contributed by atoms with Crippen molar-refractivity contribution >= 4 is 28.1 Å². The molecule has 1 saturated heterocycles. The fourth-order valence-corrected chi connectivity index (χ4v) is 4.24. The molecule has 0 atom stereocenters. The molecule has 1 aliphatic rings. The monoisotopic (exact) mass is 434 g/mol. The van der Waals surface area contributed by atoms with Crippen LogP contribution in [0, 0.1) is 0 Å². The molecule has 0 unspecified atom stereocenters. The van der Waals surface area contributed by atoms with Gasteiger partial charge in [0.05, 0.1) is 11.0 Å². The molecule has 2 heterocycles. The fourth-order valence-electron chi connectivity index (χ4n) is 4.24. The molecule has 1 aliphatic heterocycles. The van der Waals surface area contributed by atoms with Gasteiger partial charge in [-0.05, 0) is 42.5 Å². The van der Waals surface area contributed by atoms with Crippen LogP contribution in [0.4, 0.5) is 30.2 Å². The molecular weight excluding hydrogens is 409 g/mol. The number of anilines is 3. The van der Waals surface area contributed by atoms with Crippen LogP contribution < -0.4 is 15.9 Å². The first-order chi connectivity index (χ1) is 14.6. The van der Waals surface area contributed by atoms with Gasteiger partial charge in [0.2, 0.25) is 0 Å². The Kier molecular flexibility index (Phi) is 5.25. The van der Waals surface area contributed by atoms with Crippen LogP contribution in [0.3, 0.4) is 0 Å². The van der Waals surface area contributed by atoms with Crippen LogP contribution in [0.2, 0.25) is 0 Å². The summed E-state index contributed by atoms with van der Waals surface area (Å²) in [6.07, 6.45) is -4.56. The maximum atomic E-state index is 13.4. The van der Waals surface area contributed by atoms with E-state index < -0.39 is 11.8 Å². The van der Waals surface area contributed by atoms with Crippen molar-refractivity contribution in [1.82, 2.24) is 9.13 Å². The van der Waals surface area contributed by atoms with E-state index in [4.69, 9.17) is 4.74 Å². The molecule has 2 aromatic carbocycles. The normalized spacial score (nSPS) is 16.6. The van der Waals surface area contributed by atoms with Crippen LogP contribution in [0.1, 0.15) is 12.8 Å². The number of fused-ring (bicyclic) bond motifs is 1. The van der Waals surface area contributed by atoms with E-state index in [0.29, 0.717) is 0 Å². The molecule has 0 bridgehead atoms. The number of aromatic nitrogens is 2. The highest BCUT2D eigenvalue weighted by atomic mass is 19.4. The van der Waals surface area contributed by atoms with E-state index in [-0.39, 0.29) is 31.6 Å². The molecule has 4 rings (SSSR count). The molecule has 0 spiro atoms.